The maximum atomic E-state index is 12.7. The second-order valence-corrected chi connectivity index (χ2v) is 5.87. The molecule has 0 aliphatic rings. The summed E-state index contributed by atoms with van der Waals surface area (Å²) in [4.78, 5) is 21.3. The average molecular weight is 370 g/mol. The lowest BCUT2D eigenvalue weighted by molar-refractivity contribution is -0.106. The highest BCUT2D eigenvalue weighted by atomic mass is 16.5. The molecule has 0 aliphatic carbocycles. The molecule has 0 atom stereocenters. The van der Waals surface area contributed by atoms with Crippen molar-refractivity contribution in [1.29, 1.82) is 5.26 Å². The number of nitrogens with zero attached hydrogens (tertiary/aromatic N) is 2. The van der Waals surface area contributed by atoms with Crippen LogP contribution in [-0.4, -0.2) is 23.5 Å². The second kappa shape index (κ2) is 11.4. The zero-order valence-electron chi connectivity index (χ0n) is 16.0. The fourth-order valence-electron chi connectivity index (χ4n) is 2.52. The summed E-state index contributed by atoms with van der Waals surface area (Å²) in [5.74, 6) is 0.239. The Balaban J connectivity index is 0.00000114. The smallest absolute Gasteiger partial charge is 0.259 e. The van der Waals surface area contributed by atoms with Crippen LogP contribution < -0.4 is 15.8 Å². The minimum atomic E-state index is -0.262. The Labute approximate surface area is 159 Å². The largest absolute Gasteiger partial charge is 0.493 e. The molecule has 2 amide bonds. The SMILES string of the molecule is CCCOc1ccc(C#N)cc1C(=O)Nc1cn(C)cc1CCC.NC=O. The molecule has 0 unspecified atom stereocenters. The number of rotatable bonds is 7. The molecule has 0 aliphatic heterocycles. The van der Waals surface area contributed by atoms with Crippen LogP contribution in [0.4, 0.5) is 5.69 Å². The Morgan fingerprint density at radius 2 is 2.04 bits per heavy atom. The molecule has 0 fully saturated rings. The number of hydrogen-bond donors (Lipinski definition) is 2. The van der Waals surface area contributed by atoms with Gasteiger partial charge in [-0.3, -0.25) is 9.59 Å². The predicted molar refractivity (Wildman–Crippen MR) is 105 cm³/mol. The maximum Gasteiger partial charge on any atom is 0.259 e. The standard InChI is InChI=1S/C19H23N3O2.CH3NO/c1-4-6-15-12-22(3)13-17(15)21-19(23)16-10-14(11-20)7-8-18(16)24-9-5-2;2-1-3/h7-8,10,12-13H,4-6,9H2,1-3H3,(H,21,23);1H,(H2,2,3). The summed E-state index contributed by atoms with van der Waals surface area (Å²) in [5, 5.41) is 12.0. The van der Waals surface area contributed by atoms with Gasteiger partial charge in [0.05, 0.1) is 29.5 Å². The number of amides is 2. The van der Waals surface area contributed by atoms with Crippen molar-refractivity contribution < 1.29 is 14.3 Å². The highest BCUT2D eigenvalue weighted by Gasteiger charge is 2.16. The lowest BCUT2D eigenvalue weighted by Crippen LogP contribution is -2.15. The molecular formula is C20H26N4O3. The quantitative estimate of drug-likeness (QED) is 0.730. The lowest BCUT2D eigenvalue weighted by atomic mass is 10.1. The summed E-state index contributed by atoms with van der Waals surface area (Å²) in [7, 11) is 1.93. The van der Waals surface area contributed by atoms with Gasteiger partial charge in [0.2, 0.25) is 6.41 Å². The van der Waals surface area contributed by atoms with Crippen LogP contribution in [0.5, 0.6) is 5.75 Å². The first kappa shape index (κ1) is 21.8. The number of primary amides is 1. The summed E-state index contributed by atoms with van der Waals surface area (Å²) in [6, 6.07) is 6.98. The van der Waals surface area contributed by atoms with E-state index in [1.54, 1.807) is 18.2 Å². The first-order valence-electron chi connectivity index (χ1n) is 8.79. The molecule has 7 heteroatoms. The van der Waals surface area contributed by atoms with Crippen molar-refractivity contribution in [3.05, 3.63) is 47.3 Å². The average Bonchev–Trinajstić information content (AvgIpc) is 2.99. The summed E-state index contributed by atoms with van der Waals surface area (Å²) < 4.78 is 7.58. The number of aromatic nitrogens is 1. The number of carbonyl (C=O) groups excluding carboxylic acids is 2. The van der Waals surface area contributed by atoms with Gasteiger partial charge in [-0.1, -0.05) is 20.3 Å². The molecule has 1 aromatic heterocycles. The highest BCUT2D eigenvalue weighted by Crippen LogP contribution is 2.24. The number of nitrogens with one attached hydrogen (secondary N) is 1. The Bertz CT molecular complexity index is 806. The number of benzene rings is 1. The lowest BCUT2D eigenvalue weighted by Gasteiger charge is -2.12. The van der Waals surface area contributed by atoms with Gasteiger partial charge in [-0.25, -0.2) is 0 Å². The van der Waals surface area contributed by atoms with Crippen LogP contribution in [0.1, 0.15) is 48.2 Å². The van der Waals surface area contributed by atoms with E-state index in [1.807, 2.05) is 30.9 Å². The third kappa shape index (κ3) is 6.51. The minimum Gasteiger partial charge on any atom is -0.493 e. The van der Waals surface area contributed by atoms with Gasteiger partial charge in [0, 0.05) is 19.4 Å². The van der Waals surface area contributed by atoms with E-state index in [0.29, 0.717) is 23.5 Å². The number of hydrogen-bond acceptors (Lipinski definition) is 4. The van der Waals surface area contributed by atoms with E-state index in [9.17, 15) is 4.79 Å². The van der Waals surface area contributed by atoms with E-state index >= 15 is 0 Å². The summed E-state index contributed by atoms with van der Waals surface area (Å²) in [6.45, 7) is 4.63. The van der Waals surface area contributed by atoms with Crippen molar-refractivity contribution in [2.45, 2.75) is 33.1 Å². The van der Waals surface area contributed by atoms with Crippen LogP contribution in [0.15, 0.2) is 30.6 Å². The molecule has 0 saturated heterocycles. The maximum absolute atomic E-state index is 12.7. The Morgan fingerprint density at radius 1 is 1.33 bits per heavy atom. The summed E-state index contributed by atoms with van der Waals surface area (Å²) in [5.41, 5.74) is 6.88. The summed E-state index contributed by atoms with van der Waals surface area (Å²) >= 11 is 0. The normalized spacial score (nSPS) is 9.56. The molecule has 27 heavy (non-hydrogen) atoms. The molecule has 0 saturated carbocycles. The molecule has 3 N–H and O–H groups in total. The zero-order valence-corrected chi connectivity index (χ0v) is 16.0. The van der Waals surface area contributed by atoms with Gasteiger partial charge >= 0.3 is 0 Å². The molecule has 0 radical (unpaired) electrons. The second-order valence-electron chi connectivity index (χ2n) is 5.87. The van der Waals surface area contributed by atoms with E-state index in [1.165, 1.54) is 0 Å². The Kier molecular flexibility index (Phi) is 9.16. The third-order valence-corrected chi connectivity index (χ3v) is 3.62. The first-order valence-corrected chi connectivity index (χ1v) is 8.79. The van der Waals surface area contributed by atoms with Gasteiger partial charge in [-0.05, 0) is 36.6 Å². The van der Waals surface area contributed by atoms with Crippen molar-refractivity contribution in [3.8, 4) is 11.8 Å². The van der Waals surface area contributed by atoms with Crippen LogP contribution >= 0.6 is 0 Å². The fourth-order valence-corrected chi connectivity index (χ4v) is 2.52. The zero-order chi connectivity index (χ0) is 20.2. The third-order valence-electron chi connectivity index (χ3n) is 3.62. The van der Waals surface area contributed by atoms with E-state index < -0.39 is 0 Å². The number of nitriles is 1. The van der Waals surface area contributed by atoms with Gasteiger partial charge in [-0.15, -0.1) is 0 Å². The summed E-state index contributed by atoms with van der Waals surface area (Å²) in [6.07, 6.45) is 6.90. The molecule has 0 spiro atoms. The molecule has 1 heterocycles. The van der Waals surface area contributed by atoms with Gasteiger partial charge in [0.25, 0.3) is 5.91 Å². The minimum absolute atomic E-state index is 0.250. The van der Waals surface area contributed by atoms with Crippen LogP contribution in [0, 0.1) is 11.3 Å². The number of nitrogens with two attached hydrogens (primary N) is 1. The topological polar surface area (TPSA) is 110 Å². The molecule has 7 nitrogen and oxygen atoms in total. The Morgan fingerprint density at radius 3 is 2.63 bits per heavy atom. The Hall–Kier alpha value is -3.27. The van der Waals surface area contributed by atoms with Crippen molar-refractivity contribution in [1.82, 2.24) is 4.57 Å². The highest BCUT2D eigenvalue weighted by molar-refractivity contribution is 6.06. The van der Waals surface area contributed by atoms with Gasteiger partial charge in [-0.2, -0.15) is 5.26 Å². The van der Waals surface area contributed by atoms with E-state index in [0.717, 1.165) is 30.5 Å². The van der Waals surface area contributed by atoms with E-state index in [2.05, 4.69) is 24.0 Å². The van der Waals surface area contributed by atoms with Crippen molar-refractivity contribution in [2.75, 3.05) is 11.9 Å². The number of anilines is 1. The predicted octanol–water partition coefficient (Wildman–Crippen LogP) is 2.99. The van der Waals surface area contributed by atoms with Crippen molar-refractivity contribution in [3.63, 3.8) is 0 Å². The first-order chi connectivity index (χ1) is 13.0. The molecular weight excluding hydrogens is 344 g/mol. The number of aryl methyl sites for hydroxylation is 2. The van der Waals surface area contributed by atoms with Crippen molar-refractivity contribution in [2.24, 2.45) is 12.8 Å². The van der Waals surface area contributed by atoms with Crippen LogP contribution in [0.3, 0.4) is 0 Å². The van der Waals surface area contributed by atoms with Gasteiger partial charge in [0.15, 0.2) is 0 Å². The monoisotopic (exact) mass is 370 g/mol. The molecule has 2 aromatic rings. The van der Waals surface area contributed by atoms with Crippen LogP contribution in [-0.2, 0) is 18.3 Å². The molecule has 1 aromatic carbocycles. The fraction of sp³-hybridized carbons (Fsp3) is 0.350. The van der Waals surface area contributed by atoms with E-state index in [-0.39, 0.29) is 12.3 Å². The molecule has 2 rings (SSSR count). The van der Waals surface area contributed by atoms with Crippen molar-refractivity contribution >= 4 is 18.0 Å². The molecule has 144 valence electrons. The van der Waals surface area contributed by atoms with Gasteiger partial charge in [0.1, 0.15) is 5.75 Å². The number of carbonyl (C=O) groups is 2. The molecule has 0 bridgehead atoms. The number of ether oxygens (including phenoxy) is 1. The van der Waals surface area contributed by atoms with Crippen LogP contribution in [0.25, 0.3) is 0 Å². The van der Waals surface area contributed by atoms with Crippen LogP contribution in [0.2, 0.25) is 0 Å². The van der Waals surface area contributed by atoms with E-state index in [4.69, 9.17) is 14.8 Å². The van der Waals surface area contributed by atoms with Gasteiger partial charge < -0.3 is 20.4 Å².